The van der Waals surface area contributed by atoms with Crippen LogP contribution in [0.1, 0.15) is 12.6 Å². The van der Waals surface area contributed by atoms with Gasteiger partial charge in [-0.1, -0.05) is 11.6 Å². The van der Waals surface area contributed by atoms with Crippen LogP contribution in [0.4, 0.5) is 0 Å². The topological polar surface area (TPSA) is 100 Å². The molecular weight excluding hydrogens is 224 g/mol. The number of aliphatic carboxylic acids is 2. The Morgan fingerprint density at radius 2 is 1.80 bits per heavy atom. The van der Waals surface area contributed by atoms with Crippen LogP contribution in [-0.4, -0.2) is 32.3 Å². The zero-order chi connectivity index (χ0) is 11.6. The van der Waals surface area contributed by atoms with Gasteiger partial charge in [-0.2, -0.15) is 5.10 Å². The number of carboxylic acids is 2. The SMILES string of the molecule is CC(C(=O)O)(C(=O)O)c1ccc(Cl)nn1. The van der Waals surface area contributed by atoms with Crippen molar-refractivity contribution < 1.29 is 19.8 Å². The number of rotatable bonds is 3. The number of halogens is 1. The molecule has 0 aromatic carbocycles. The number of nitrogens with zero attached hydrogens (tertiary/aromatic N) is 2. The third-order valence-corrected chi connectivity index (χ3v) is 2.20. The molecule has 1 aromatic heterocycles. The van der Waals surface area contributed by atoms with Crippen molar-refractivity contribution in [1.29, 1.82) is 0 Å². The second kappa shape index (κ2) is 3.82. The minimum atomic E-state index is -2.11. The molecule has 7 heteroatoms. The molecule has 0 amide bonds. The van der Waals surface area contributed by atoms with Gasteiger partial charge in [-0.15, -0.1) is 5.10 Å². The lowest BCUT2D eigenvalue weighted by atomic mass is 9.87. The second-order valence-electron chi connectivity index (χ2n) is 2.98. The maximum absolute atomic E-state index is 10.9. The van der Waals surface area contributed by atoms with Crippen LogP contribution < -0.4 is 0 Å². The molecule has 0 fully saturated rings. The van der Waals surface area contributed by atoms with Gasteiger partial charge in [-0.3, -0.25) is 9.59 Å². The van der Waals surface area contributed by atoms with E-state index in [-0.39, 0.29) is 10.8 Å². The molecule has 80 valence electrons. The van der Waals surface area contributed by atoms with Crippen molar-refractivity contribution in [2.24, 2.45) is 0 Å². The average molecular weight is 231 g/mol. The summed E-state index contributed by atoms with van der Waals surface area (Å²) in [6.07, 6.45) is 0. The summed E-state index contributed by atoms with van der Waals surface area (Å²) in [6, 6.07) is 2.51. The van der Waals surface area contributed by atoms with Crippen molar-refractivity contribution in [3.05, 3.63) is 23.0 Å². The summed E-state index contributed by atoms with van der Waals surface area (Å²) in [4.78, 5) is 21.7. The monoisotopic (exact) mass is 230 g/mol. The highest BCUT2D eigenvalue weighted by Gasteiger charge is 2.45. The standard InChI is InChI=1S/C8H7ClN2O4/c1-8(6(12)13,7(14)15)4-2-3-5(9)11-10-4/h2-3H,1H3,(H,12,13)(H,14,15). The van der Waals surface area contributed by atoms with Gasteiger partial charge in [0.25, 0.3) is 0 Å². The van der Waals surface area contributed by atoms with Crippen LogP contribution >= 0.6 is 11.6 Å². The van der Waals surface area contributed by atoms with Gasteiger partial charge >= 0.3 is 11.9 Å². The maximum Gasteiger partial charge on any atom is 0.327 e. The molecule has 6 nitrogen and oxygen atoms in total. The summed E-state index contributed by atoms with van der Waals surface area (Å²) in [5.41, 5.74) is -2.29. The van der Waals surface area contributed by atoms with Crippen LogP contribution in [0.5, 0.6) is 0 Å². The normalized spacial score (nSPS) is 11.1. The summed E-state index contributed by atoms with van der Waals surface area (Å²) < 4.78 is 0. The molecule has 0 aliphatic rings. The Morgan fingerprint density at radius 1 is 1.27 bits per heavy atom. The zero-order valence-corrected chi connectivity index (χ0v) is 8.39. The van der Waals surface area contributed by atoms with Crippen LogP contribution in [0.15, 0.2) is 12.1 Å². The van der Waals surface area contributed by atoms with Crippen molar-refractivity contribution >= 4 is 23.5 Å². The first-order valence-electron chi connectivity index (χ1n) is 3.85. The van der Waals surface area contributed by atoms with E-state index in [2.05, 4.69) is 10.2 Å². The Bertz CT molecular complexity index is 390. The van der Waals surface area contributed by atoms with Crippen molar-refractivity contribution in [1.82, 2.24) is 10.2 Å². The van der Waals surface area contributed by atoms with E-state index in [0.717, 1.165) is 6.92 Å². The van der Waals surface area contributed by atoms with Gasteiger partial charge < -0.3 is 10.2 Å². The molecular formula is C8H7ClN2O4. The minimum absolute atomic E-state index is 0.0666. The van der Waals surface area contributed by atoms with Gasteiger partial charge in [0, 0.05) is 0 Å². The van der Waals surface area contributed by atoms with Gasteiger partial charge in [-0.05, 0) is 19.1 Å². The smallest absolute Gasteiger partial charge is 0.327 e. The lowest BCUT2D eigenvalue weighted by Crippen LogP contribution is -2.41. The second-order valence-corrected chi connectivity index (χ2v) is 3.36. The Balaban J connectivity index is 3.28. The highest BCUT2D eigenvalue weighted by atomic mass is 35.5. The van der Waals surface area contributed by atoms with E-state index in [4.69, 9.17) is 21.8 Å². The molecule has 1 rings (SSSR count). The Morgan fingerprint density at radius 3 is 2.13 bits per heavy atom. The van der Waals surface area contributed by atoms with Crippen molar-refractivity contribution in [2.75, 3.05) is 0 Å². The average Bonchev–Trinajstić information content (AvgIpc) is 2.17. The third kappa shape index (κ3) is 1.89. The van der Waals surface area contributed by atoms with E-state index in [1.807, 2.05) is 0 Å². The van der Waals surface area contributed by atoms with Gasteiger partial charge in [0.2, 0.25) is 5.41 Å². The molecule has 0 aliphatic heterocycles. The molecule has 0 saturated heterocycles. The molecule has 0 bridgehead atoms. The van der Waals surface area contributed by atoms with Crippen molar-refractivity contribution in [2.45, 2.75) is 12.3 Å². The molecule has 0 aliphatic carbocycles. The van der Waals surface area contributed by atoms with Crippen molar-refractivity contribution in [3.63, 3.8) is 0 Å². The fourth-order valence-corrected chi connectivity index (χ4v) is 0.994. The van der Waals surface area contributed by atoms with E-state index >= 15 is 0 Å². The summed E-state index contributed by atoms with van der Waals surface area (Å²) in [6.45, 7) is 1.04. The highest BCUT2D eigenvalue weighted by Crippen LogP contribution is 2.22. The Hall–Kier alpha value is -1.69. The summed E-state index contributed by atoms with van der Waals surface area (Å²) >= 11 is 5.45. The maximum atomic E-state index is 10.9. The third-order valence-electron chi connectivity index (χ3n) is 2.00. The number of hydrogen-bond donors (Lipinski definition) is 2. The van der Waals surface area contributed by atoms with E-state index in [1.54, 1.807) is 0 Å². The van der Waals surface area contributed by atoms with E-state index in [1.165, 1.54) is 12.1 Å². The van der Waals surface area contributed by atoms with Gasteiger partial charge in [0.1, 0.15) is 0 Å². The first-order chi connectivity index (χ1) is 6.89. The molecule has 0 spiro atoms. The largest absolute Gasteiger partial charge is 0.480 e. The van der Waals surface area contributed by atoms with Crippen LogP contribution in [-0.2, 0) is 15.0 Å². The molecule has 2 N–H and O–H groups in total. The van der Waals surface area contributed by atoms with Crippen LogP contribution in [0, 0.1) is 0 Å². The fraction of sp³-hybridized carbons (Fsp3) is 0.250. The quantitative estimate of drug-likeness (QED) is 0.736. The molecule has 0 radical (unpaired) electrons. The fourth-order valence-electron chi connectivity index (χ4n) is 0.893. The number of carboxylic acid groups (broad SMARTS) is 2. The van der Waals surface area contributed by atoms with Crippen LogP contribution in [0.2, 0.25) is 5.15 Å². The Labute approximate surface area is 89.5 Å². The van der Waals surface area contributed by atoms with Crippen LogP contribution in [0.3, 0.4) is 0 Å². The van der Waals surface area contributed by atoms with E-state index in [0.29, 0.717) is 0 Å². The lowest BCUT2D eigenvalue weighted by Gasteiger charge is -2.17. The van der Waals surface area contributed by atoms with E-state index < -0.39 is 17.4 Å². The molecule has 0 atom stereocenters. The molecule has 1 aromatic rings. The zero-order valence-electron chi connectivity index (χ0n) is 7.64. The lowest BCUT2D eigenvalue weighted by molar-refractivity contribution is -0.156. The molecule has 15 heavy (non-hydrogen) atoms. The van der Waals surface area contributed by atoms with E-state index in [9.17, 15) is 9.59 Å². The first kappa shape index (κ1) is 11.4. The Kier molecular flexibility index (Phi) is 2.90. The van der Waals surface area contributed by atoms with Gasteiger partial charge in [0.05, 0.1) is 5.69 Å². The number of hydrogen-bond acceptors (Lipinski definition) is 4. The summed E-state index contributed by atoms with van der Waals surface area (Å²) in [5, 5.41) is 24.6. The predicted molar refractivity (Wildman–Crippen MR) is 49.7 cm³/mol. The predicted octanol–water partition coefficient (Wildman–Crippen LogP) is 0.557. The molecule has 0 saturated carbocycles. The first-order valence-corrected chi connectivity index (χ1v) is 4.23. The minimum Gasteiger partial charge on any atom is -0.480 e. The van der Waals surface area contributed by atoms with Crippen LogP contribution in [0.25, 0.3) is 0 Å². The molecule has 1 heterocycles. The van der Waals surface area contributed by atoms with Gasteiger partial charge in [-0.25, -0.2) is 0 Å². The van der Waals surface area contributed by atoms with Crippen molar-refractivity contribution in [3.8, 4) is 0 Å². The highest BCUT2D eigenvalue weighted by molar-refractivity contribution is 6.29. The number of carbonyl (C=O) groups is 2. The number of aromatic nitrogens is 2. The summed E-state index contributed by atoms with van der Waals surface area (Å²) in [5.74, 6) is -3.02. The van der Waals surface area contributed by atoms with Gasteiger partial charge in [0.15, 0.2) is 5.15 Å². The molecule has 0 unspecified atom stereocenters. The summed E-state index contributed by atoms with van der Waals surface area (Å²) in [7, 11) is 0.